The van der Waals surface area contributed by atoms with E-state index in [0.29, 0.717) is 55.0 Å². The number of carboxylic acids is 1. The van der Waals surface area contributed by atoms with Crippen molar-refractivity contribution in [1.82, 2.24) is 9.21 Å². The lowest BCUT2D eigenvalue weighted by Gasteiger charge is -2.37. The molecular weight excluding hydrogens is 661 g/mol. The van der Waals surface area contributed by atoms with Crippen LogP contribution in [0.4, 0.5) is 20.6 Å². The van der Waals surface area contributed by atoms with Crippen LogP contribution in [0, 0.1) is 11.7 Å². The minimum atomic E-state index is -4.06. The summed E-state index contributed by atoms with van der Waals surface area (Å²) in [4.78, 5) is 28.5. The third-order valence-corrected chi connectivity index (χ3v) is 11.9. The predicted molar refractivity (Wildman–Crippen MR) is 189 cm³/mol. The average Bonchev–Trinajstić information content (AvgIpc) is 3.16. The normalized spacial score (nSPS) is 20.5. The number of nitrogens with zero attached hydrogens (tertiary/aromatic N) is 3. The van der Waals surface area contributed by atoms with Gasteiger partial charge in [-0.15, -0.1) is 0 Å². The predicted octanol–water partition coefficient (Wildman–Crippen LogP) is 7.69. The number of anilines is 2. The van der Waals surface area contributed by atoms with Crippen molar-refractivity contribution in [2.24, 2.45) is 5.92 Å². The molecule has 2 heterocycles. The van der Waals surface area contributed by atoms with Crippen molar-refractivity contribution in [3.63, 3.8) is 0 Å². The smallest absolute Gasteiger partial charge is 0.410 e. The first-order valence-corrected chi connectivity index (χ1v) is 18.8. The number of amides is 1. The van der Waals surface area contributed by atoms with Gasteiger partial charge >= 0.3 is 12.1 Å². The van der Waals surface area contributed by atoms with Gasteiger partial charge in [0, 0.05) is 62.9 Å². The lowest BCUT2D eigenvalue weighted by atomic mass is 9.83. The number of para-hydroxylation sites is 1. The highest BCUT2D eigenvalue weighted by Crippen LogP contribution is 2.46. The van der Waals surface area contributed by atoms with Gasteiger partial charge in [-0.25, -0.2) is 22.4 Å². The van der Waals surface area contributed by atoms with E-state index in [4.69, 9.17) is 9.47 Å². The number of carboxylic acid groups (broad SMARTS) is 1. The molecule has 50 heavy (non-hydrogen) atoms. The van der Waals surface area contributed by atoms with Crippen LogP contribution >= 0.6 is 0 Å². The molecule has 2 aliphatic heterocycles. The number of likely N-dealkylation sites (N-methyl/N-ethyl adjacent to an activating group) is 1. The Morgan fingerprint density at radius 2 is 1.60 bits per heavy atom. The maximum Gasteiger partial charge on any atom is 0.410 e. The molecule has 268 valence electrons. The Kier molecular flexibility index (Phi) is 10.1. The van der Waals surface area contributed by atoms with Crippen LogP contribution in [0.15, 0.2) is 65.6 Å². The Hall–Kier alpha value is -4.16. The number of carbonyl (C=O) groups is 2. The van der Waals surface area contributed by atoms with Crippen LogP contribution in [0.1, 0.15) is 76.1 Å². The molecule has 1 saturated carbocycles. The minimum absolute atomic E-state index is 0.0606. The summed E-state index contributed by atoms with van der Waals surface area (Å²) < 4.78 is 57.6. The molecule has 0 spiro atoms. The van der Waals surface area contributed by atoms with Crippen molar-refractivity contribution >= 4 is 33.5 Å². The van der Waals surface area contributed by atoms with Gasteiger partial charge in [0.2, 0.25) is 10.0 Å². The Balaban J connectivity index is 1.46. The zero-order valence-electron chi connectivity index (χ0n) is 29.1. The van der Waals surface area contributed by atoms with Crippen LogP contribution in [-0.2, 0) is 14.8 Å². The van der Waals surface area contributed by atoms with Gasteiger partial charge in [-0.3, -0.25) is 0 Å². The Bertz CT molecular complexity index is 1830. The van der Waals surface area contributed by atoms with Crippen LogP contribution in [0.5, 0.6) is 5.75 Å². The van der Waals surface area contributed by atoms with Crippen molar-refractivity contribution in [1.29, 1.82) is 0 Å². The number of piperidine rings is 1. The van der Waals surface area contributed by atoms with Gasteiger partial charge in [-0.2, -0.15) is 4.31 Å². The summed E-state index contributed by atoms with van der Waals surface area (Å²) in [6.07, 6.45) is 5.39. The van der Waals surface area contributed by atoms with Crippen molar-refractivity contribution in [3.8, 4) is 16.9 Å². The highest BCUT2D eigenvalue weighted by molar-refractivity contribution is 7.89. The number of likely N-dealkylation sites (tertiary alicyclic amines) is 1. The quantitative estimate of drug-likeness (QED) is 0.277. The molecule has 1 aliphatic carbocycles. The van der Waals surface area contributed by atoms with Gasteiger partial charge in [0.25, 0.3) is 0 Å². The largest absolute Gasteiger partial charge is 0.490 e. The van der Waals surface area contributed by atoms with E-state index in [-0.39, 0.29) is 23.0 Å². The molecule has 3 aromatic rings. The second-order valence-electron chi connectivity index (χ2n) is 14.5. The maximum atomic E-state index is 14.6. The molecule has 0 bridgehead atoms. The van der Waals surface area contributed by atoms with Gasteiger partial charge in [-0.05, 0) is 75.4 Å². The van der Waals surface area contributed by atoms with Crippen molar-refractivity contribution in [3.05, 3.63) is 72.0 Å². The van der Waals surface area contributed by atoms with E-state index in [2.05, 4.69) is 0 Å². The number of halogens is 1. The van der Waals surface area contributed by atoms with Crippen LogP contribution in [0.3, 0.4) is 0 Å². The van der Waals surface area contributed by atoms with E-state index >= 15 is 0 Å². The topological polar surface area (TPSA) is 117 Å². The van der Waals surface area contributed by atoms with E-state index in [0.717, 1.165) is 43.9 Å². The first-order valence-electron chi connectivity index (χ1n) is 17.4. The van der Waals surface area contributed by atoms with Crippen LogP contribution < -0.4 is 9.64 Å². The minimum Gasteiger partial charge on any atom is -0.490 e. The average molecular weight is 708 g/mol. The van der Waals surface area contributed by atoms with Gasteiger partial charge in [-0.1, -0.05) is 43.5 Å². The molecule has 3 aromatic carbocycles. The third-order valence-electron chi connectivity index (χ3n) is 10.0. The maximum absolute atomic E-state index is 14.6. The molecule has 1 N–H and O–H groups in total. The second-order valence-corrected chi connectivity index (χ2v) is 16.5. The fourth-order valence-electron chi connectivity index (χ4n) is 7.36. The number of benzene rings is 3. The second kappa shape index (κ2) is 14.2. The third kappa shape index (κ3) is 7.46. The summed E-state index contributed by atoms with van der Waals surface area (Å²) in [5, 5.41) is 9.75. The monoisotopic (exact) mass is 707 g/mol. The molecule has 0 aromatic heterocycles. The van der Waals surface area contributed by atoms with E-state index in [1.807, 2.05) is 56.0 Å². The number of aromatic carboxylic acids is 1. The molecule has 0 radical (unpaired) electrons. The first-order chi connectivity index (χ1) is 23.7. The van der Waals surface area contributed by atoms with Gasteiger partial charge in [0.1, 0.15) is 28.2 Å². The summed E-state index contributed by atoms with van der Waals surface area (Å²) in [5.74, 6) is -1.80. The SMILES string of the molecule is CN1[C@H](C2CCCCC2)CN(c2ccccc2)c2cc(OC3CCN(C(=O)OC(C)(C)C)CC3)c(-c3ccc(F)c(C(=O)O)c3)cc2S1(=O)=O. The van der Waals surface area contributed by atoms with Crippen molar-refractivity contribution in [2.45, 2.75) is 88.4 Å². The fraction of sp³-hybridized carbons (Fsp3) is 0.474. The number of ether oxygens (including phenoxy) is 2. The van der Waals surface area contributed by atoms with Gasteiger partial charge in [0.05, 0.1) is 11.3 Å². The first kappa shape index (κ1) is 35.7. The fourth-order valence-corrected chi connectivity index (χ4v) is 8.97. The molecule has 6 rings (SSSR count). The van der Waals surface area contributed by atoms with Crippen LogP contribution in [0.25, 0.3) is 11.1 Å². The Morgan fingerprint density at radius 1 is 0.920 bits per heavy atom. The van der Waals surface area contributed by atoms with E-state index in [1.54, 1.807) is 24.1 Å². The van der Waals surface area contributed by atoms with Gasteiger partial charge < -0.3 is 24.4 Å². The number of sulfonamides is 1. The van der Waals surface area contributed by atoms with Gasteiger partial charge in [0.15, 0.2) is 0 Å². The standard InChI is InChI=1S/C38H46FN3O7S/c1-38(2,3)49-37(45)41-19-17-28(18-20-41)48-34-23-32-35(22-29(34)26-15-16-31(39)30(21-26)36(43)44)50(46,47)40(4)33(25-11-7-5-8-12-25)24-42(32)27-13-9-6-10-14-27/h6,9-10,13-16,21-23,25,28,33H,5,7-8,11-12,17-20,24H2,1-4H3,(H,43,44)/t33-/m0/s1. The summed E-state index contributed by atoms with van der Waals surface area (Å²) >= 11 is 0. The van der Waals surface area contributed by atoms with E-state index in [1.165, 1.54) is 16.4 Å². The highest BCUT2D eigenvalue weighted by atomic mass is 32.2. The molecule has 10 nitrogen and oxygen atoms in total. The van der Waals surface area contributed by atoms with E-state index < -0.39 is 39.1 Å². The Morgan fingerprint density at radius 3 is 2.24 bits per heavy atom. The summed E-state index contributed by atoms with van der Waals surface area (Å²) in [5.41, 5.74) is 0.774. The highest BCUT2D eigenvalue weighted by Gasteiger charge is 2.41. The lowest BCUT2D eigenvalue weighted by molar-refractivity contribution is 0.0127. The molecular formula is C38H46FN3O7S. The number of rotatable bonds is 6. The molecule has 1 atom stereocenters. The number of carbonyl (C=O) groups excluding carboxylic acids is 1. The molecule has 1 saturated heterocycles. The number of hydrogen-bond acceptors (Lipinski definition) is 7. The Labute approximate surface area is 293 Å². The van der Waals surface area contributed by atoms with Crippen molar-refractivity contribution in [2.75, 3.05) is 31.6 Å². The zero-order valence-corrected chi connectivity index (χ0v) is 29.9. The molecule has 2 fully saturated rings. The number of hydrogen-bond donors (Lipinski definition) is 1. The lowest BCUT2D eigenvalue weighted by Crippen LogP contribution is -2.46. The number of fused-ring (bicyclic) bond motifs is 1. The molecule has 1 amide bonds. The summed E-state index contributed by atoms with van der Waals surface area (Å²) in [6, 6.07) is 16.4. The molecule has 0 unspecified atom stereocenters. The van der Waals surface area contributed by atoms with E-state index in [9.17, 15) is 27.5 Å². The zero-order chi connectivity index (χ0) is 35.8. The molecule has 12 heteroatoms. The summed E-state index contributed by atoms with van der Waals surface area (Å²) in [6.45, 7) is 6.69. The summed E-state index contributed by atoms with van der Waals surface area (Å²) in [7, 11) is -2.41. The van der Waals surface area contributed by atoms with Crippen LogP contribution in [-0.4, -0.2) is 79.2 Å². The van der Waals surface area contributed by atoms with Crippen molar-refractivity contribution < 1.29 is 37.0 Å². The van der Waals surface area contributed by atoms with Crippen LogP contribution in [0.2, 0.25) is 0 Å². The molecule has 3 aliphatic rings.